The summed E-state index contributed by atoms with van der Waals surface area (Å²) in [6, 6.07) is 8.54. The van der Waals surface area contributed by atoms with Crippen LogP contribution in [0.4, 0.5) is 4.79 Å². The van der Waals surface area contributed by atoms with Crippen LogP contribution in [0.25, 0.3) is 0 Å². The summed E-state index contributed by atoms with van der Waals surface area (Å²) >= 11 is 1.55. The van der Waals surface area contributed by atoms with Crippen molar-refractivity contribution in [2.24, 2.45) is 0 Å². The summed E-state index contributed by atoms with van der Waals surface area (Å²) in [7, 11) is -2.07. The van der Waals surface area contributed by atoms with Crippen molar-refractivity contribution in [2.45, 2.75) is 76.7 Å². The van der Waals surface area contributed by atoms with Crippen LogP contribution in [-0.2, 0) is 24.5 Å². The summed E-state index contributed by atoms with van der Waals surface area (Å²) in [4.78, 5) is 40.1. The van der Waals surface area contributed by atoms with Crippen molar-refractivity contribution in [1.82, 2.24) is 10.2 Å². The molecule has 1 fully saturated rings. The third-order valence-electron chi connectivity index (χ3n) is 4.60. The van der Waals surface area contributed by atoms with Crippen LogP contribution in [0.2, 0.25) is 19.6 Å². The van der Waals surface area contributed by atoms with Crippen molar-refractivity contribution < 1.29 is 23.5 Å². The van der Waals surface area contributed by atoms with E-state index in [1.54, 1.807) is 37.4 Å². The molecule has 2 rings (SSSR count). The standard InChI is InChI=1S/C23H36N2O5SSi/c1-23(2,3)29-22(28)24-18(16-31-15-17-11-8-7-9-12-17)20(26)25-14-10-13-19(25)21(27)30-32(4,5)6/h7-9,11-12,18-19H,10,13-16H2,1-6H3,(H,24,28)/t18-,19-/m0/s1. The Balaban J connectivity index is 2.10. The van der Waals surface area contributed by atoms with E-state index in [1.165, 1.54) is 0 Å². The molecule has 0 aliphatic carbocycles. The Morgan fingerprint density at radius 1 is 1.19 bits per heavy atom. The first-order valence-electron chi connectivity index (χ1n) is 11.0. The second kappa shape index (κ2) is 11.2. The van der Waals surface area contributed by atoms with Crippen molar-refractivity contribution in [3.8, 4) is 0 Å². The largest absolute Gasteiger partial charge is 0.518 e. The second-order valence-electron chi connectivity index (χ2n) is 9.92. The maximum absolute atomic E-state index is 13.4. The Bertz CT molecular complexity index is 792. The van der Waals surface area contributed by atoms with Crippen molar-refractivity contribution in [3.63, 3.8) is 0 Å². The Hall–Kier alpha value is -2.00. The maximum atomic E-state index is 13.4. The minimum Gasteiger partial charge on any atom is -0.518 e. The van der Waals surface area contributed by atoms with Gasteiger partial charge in [0.05, 0.1) is 0 Å². The van der Waals surface area contributed by atoms with E-state index in [0.29, 0.717) is 24.5 Å². The molecule has 1 aliphatic heterocycles. The van der Waals surface area contributed by atoms with Gasteiger partial charge < -0.3 is 19.4 Å². The van der Waals surface area contributed by atoms with Gasteiger partial charge in [0, 0.05) is 18.1 Å². The second-order valence-corrected chi connectivity index (χ2v) is 15.4. The number of benzene rings is 1. The highest BCUT2D eigenvalue weighted by atomic mass is 32.2. The Labute approximate surface area is 196 Å². The zero-order valence-electron chi connectivity index (χ0n) is 20.0. The zero-order chi connectivity index (χ0) is 23.9. The molecule has 2 atom stereocenters. The lowest BCUT2D eigenvalue weighted by Gasteiger charge is -2.30. The van der Waals surface area contributed by atoms with Crippen LogP contribution in [-0.4, -0.2) is 61.2 Å². The maximum Gasteiger partial charge on any atom is 0.408 e. The number of amides is 2. The first-order chi connectivity index (χ1) is 14.9. The van der Waals surface area contributed by atoms with E-state index >= 15 is 0 Å². The molecule has 1 aromatic rings. The molecule has 1 heterocycles. The van der Waals surface area contributed by atoms with Gasteiger partial charge in [-0.25, -0.2) is 4.79 Å². The number of nitrogens with zero attached hydrogens (tertiary/aromatic N) is 1. The molecule has 0 aromatic heterocycles. The van der Waals surface area contributed by atoms with E-state index in [-0.39, 0.29) is 11.9 Å². The molecular weight excluding hydrogens is 444 g/mol. The lowest BCUT2D eigenvalue weighted by Crippen LogP contribution is -2.54. The predicted molar refractivity (Wildman–Crippen MR) is 130 cm³/mol. The molecule has 0 bridgehead atoms. The van der Waals surface area contributed by atoms with E-state index in [0.717, 1.165) is 12.0 Å². The highest BCUT2D eigenvalue weighted by Gasteiger charge is 2.40. The SMILES string of the molecule is CC(C)(C)OC(=O)N[C@@H](CSCc1ccccc1)C(=O)N1CCC[C@H]1C(=O)O[Si](C)(C)C. The van der Waals surface area contributed by atoms with Gasteiger partial charge in [-0.15, -0.1) is 0 Å². The average Bonchev–Trinajstić information content (AvgIpc) is 3.14. The van der Waals surface area contributed by atoms with E-state index in [1.807, 2.05) is 50.0 Å². The molecule has 178 valence electrons. The molecule has 32 heavy (non-hydrogen) atoms. The molecule has 1 aromatic carbocycles. The van der Waals surface area contributed by atoms with Crippen molar-refractivity contribution in [3.05, 3.63) is 35.9 Å². The fourth-order valence-corrected chi connectivity index (χ4v) is 5.09. The quantitative estimate of drug-likeness (QED) is 0.562. The van der Waals surface area contributed by atoms with Crippen LogP contribution in [0.1, 0.15) is 39.2 Å². The smallest absolute Gasteiger partial charge is 0.408 e. The first-order valence-corrected chi connectivity index (χ1v) is 15.6. The number of alkyl carbamates (subject to hydrolysis) is 1. The molecule has 1 N–H and O–H groups in total. The molecule has 0 saturated carbocycles. The Morgan fingerprint density at radius 3 is 2.44 bits per heavy atom. The van der Waals surface area contributed by atoms with Crippen LogP contribution in [0.5, 0.6) is 0 Å². The lowest BCUT2D eigenvalue weighted by atomic mass is 10.2. The minimum atomic E-state index is -2.07. The zero-order valence-corrected chi connectivity index (χ0v) is 21.8. The van der Waals surface area contributed by atoms with Gasteiger partial charge in [-0.05, 0) is 58.8 Å². The summed E-state index contributed by atoms with van der Waals surface area (Å²) in [5, 5.41) is 2.73. The molecule has 0 spiro atoms. The van der Waals surface area contributed by atoms with Gasteiger partial charge in [-0.3, -0.25) is 9.59 Å². The van der Waals surface area contributed by atoms with Crippen LogP contribution >= 0.6 is 11.8 Å². The number of carbonyl (C=O) groups is 3. The van der Waals surface area contributed by atoms with Gasteiger partial charge >= 0.3 is 12.1 Å². The minimum absolute atomic E-state index is 0.272. The molecule has 2 amide bonds. The predicted octanol–water partition coefficient (Wildman–Crippen LogP) is 4.18. The topological polar surface area (TPSA) is 84.9 Å². The van der Waals surface area contributed by atoms with Gasteiger partial charge in [0.15, 0.2) is 0 Å². The van der Waals surface area contributed by atoms with Crippen molar-refractivity contribution in [1.29, 1.82) is 0 Å². The first kappa shape index (κ1) is 26.3. The molecule has 9 heteroatoms. The number of rotatable bonds is 8. The van der Waals surface area contributed by atoms with Crippen LogP contribution in [0.3, 0.4) is 0 Å². The Kier molecular flexibility index (Phi) is 9.21. The number of nitrogens with one attached hydrogen (secondary N) is 1. The van der Waals surface area contributed by atoms with Gasteiger partial charge in [-0.2, -0.15) is 11.8 Å². The highest BCUT2D eigenvalue weighted by molar-refractivity contribution is 7.98. The van der Waals surface area contributed by atoms with Crippen molar-refractivity contribution >= 4 is 38.0 Å². The van der Waals surface area contributed by atoms with E-state index in [4.69, 9.17) is 9.16 Å². The number of likely N-dealkylation sites (tertiary alicyclic amines) is 1. The monoisotopic (exact) mass is 480 g/mol. The average molecular weight is 481 g/mol. The highest BCUT2D eigenvalue weighted by Crippen LogP contribution is 2.23. The number of thioether (sulfide) groups is 1. The number of carbonyl (C=O) groups excluding carboxylic acids is 3. The van der Waals surface area contributed by atoms with Crippen LogP contribution in [0.15, 0.2) is 30.3 Å². The normalized spacial score (nSPS) is 17.6. The fraction of sp³-hybridized carbons (Fsp3) is 0.609. The molecule has 0 radical (unpaired) electrons. The fourth-order valence-electron chi connectivity index (χ4n) is 3.34. The van der Waals surface area contributed by atoms with Crippen LogP contribution in [0, 0.1) is 0 Å². The van der Waals surface area contributed by atoms with E-state index < -0.39 is 32.1 Å². The molecule has 1 aliphatic rings. The summed E-state index contributed by atoms with van der Waals surface area (Å²) < 4.78 is 11.0. The number of hydrogen-bond donors (Lipinski definition) is 1. The summed E-state index contributed by atoms with van der Waals surface area (Å²) in [5.74, 6) is 0.468. The molecule has 7 nitrogen and oxygen atoms in total. The third kappa shape index (κ3) is 8.86. The number of ether oxygens (including phenoxy) is 1. The van der Waals surface area contributed by atoms with Gasteiger partial charge in [0.25, 0.3) is 0 Å². The summed E-state index contributed by atoms with van der Waals surface area (Å²) in [5.41, 5.74) is 0.463. The van der Waals surface area contributed by atoms with E-state index in [9.17, 15) is 14.4 Å². The lowest BCUT2D eigenvalue weighted by molar-refractivity contribution is -0.147. The third-order valence-corrected chi connectivity index (χ3v) is 6.52. The number of hydrogen-bond acceptors (Lipinski definition) is 6. The summed E-state index contributed by atoms with van der Waals surface area (Å²) in [6.07, 6.45) is 0.662. The van der Waals surface area contributed by atoms with Gasteiger partial charge in [0.2, 0.25) is 14.2 Å². The van der Waals surface area contributed by atoms with Crippen molar-refractivity contribution in [2.75, 3.05) is 12.3 Å². The van der Waals surface area contributed by atoms with Gasteiger partial charge in [0.1, 0.15) is 17.7 Å². The molecular formula is C23H36N2O5SSi. The van der Waals surface area contributed by atoms with E-state index in [2.05, 4.69) is 5.32 Å². The summed E-state index contributed by atoms with van der Waals surface area (Å²) in [6.45, 7) is 11.6. The molecule has 0 unspecified atom stereocenters. The van der Waals surface area contributed by atoms with Crippen LogP contribution < -0.4 is 5.32 Å². The Morgan fingerprint density at radius 2 is 1.84 bits per heavy atom. The van der Waals surface area contributed by atoms with Gasteiger partial charge in [-0.1, -0.05) is 30.3 Å². The molecule has 1 saturated heterocycles.